The van der Waals surface area contributed by atoms with Gasteiger partial charge in [-0.05, 0) is 118 Å². The van der Waals surface area contributed by atoms with Gasteiger partial charge in [-0.2, -0.15) is 0 Å². The molecular weight excluding hydrogens is 894 g/mol. The fourth-order valence-corrected chi connectivity index (χ4v) is 8.73. The lowest BCUT2D eigenvalue weighted by Gasteiger charge is -2.26. The van der Waals surface area contributed by atoms with E-state index >= 15 is 0 Å². The van der Waals surface area contributed by atoms with Crippen LogP contribution in [0.1, 0.15) is 52.5 Å². The number of ether oxygens (including phenoxy) is 4. The van der Waals surface area contributed by atoms with E-state index < -0.39 is 12.0 Å². The number of carbonyl (C=O) groups is 2. The summed E-state index contributed by atoms with van der Waals surface area (Å²) in [4.78, 5) is 45.4. The first-order valence-corrected chi connectivity index (χ1v) is 19.0. The number of fused-ring (bicyclic) bond motifs is 1. The van der Waals surface area contributed by atoms with Crippen molar-refractivity contribution in [1.29, 1.82) is 0 Å². The molecule has 6 rings (SSSR count). The molecule has 0 unspecified atom stereocenters. The van der Waals surface area contributed by atoms with Crippen molar-refractivity contribution in [3.63, 3.8) is 0 Å². The molecule has 0 saturated carbocycles. The van der Waals surface area contributed by atoms with Gasteiger partial charge in [0.25, 0.3) is 5.56 Å². The number of halogens is 2. The average Bonchev–Trinajstić information content (AvgIpc) is 3.45. The Morgan fingerprint density at radius 2 is 1.53 bits per heavy atom. The molecule has 0 amide bonds. The molecule has 2 heterocycles. The Balaban J connectivity index is 1.39. The van der Waals surface area contributed by atoms with Crippen LogP contribution in [0.25, 0.3) is 11.8 Å². The third-order valence-electron chi connectivity index (χ3n) is 7.97. The van der Waals surface area contributed by atoms with Crippen molar-refractivity contribution in [2.24, 2.45) is 4.99 Å². The Morgan fingerprint density at radius 1 is 0.882 bits per heavy atom. The van der Waals surface area contributed by atoms with Crippen LogP contribution >= 0.6 is 56.5 Å². The molecule has 9 nitrogen and oxygen atoms in total. The Bertz CT molecular complexity index is 2280. The van der Waals surface area contributed by atoms with Gasteiger partial charge in [-0.3, -0.25) is 9.36 Å². The molecule has 4 aromatic carbocycles. The average molecular weight is 927 g/mol. The Labute approximate surface area is 325 Å². The second-order valence-electron chi connectivity index (χ2n) is 11.2. The molecule has 0 N–H and O–H groups in total. The van der Waals surface area contributed by atoms with Crippen LogP contribution in [0.4, 0.5) is 0 Å². The van der Waals surface area contributed by atoms with Gasteiger partial charge >= 0.3 is 11.9 Å². The van der Waals surface area contributed by atoms with E-state index in [1.54, 1.807) is 37.7 Å². The fourth-order valence-electron chi connectivity index (χ4n) is 5.60. The summed E-state index contributed by atoms with van der Waals surface area (Å²) in [6, 6.07) is 27.0. The molecule has 0 aliphatic carbocycles. The van der Waals surface area contributed by atoms with E-state index in [0.29, 0.717) is 39.6 Å². The number of methoxy groups -OCH3 is 1. The van der Waals surface area contributed by atoms with Gasteiger partial charge in [0.1, 0.15) is 18.1 Å². The monoisotopic (exact) mass is 926 g/mol. The molecule has 5 aromatic rings. The second-order valence-corrected chi connectivity index (χ2v) is 14.6. The molecule has 1 aromatic heterocycles. The standard InChI is InChI=1S/C39H32I2N2O7S/c1-4-48-37(45)27-13-11-23(12-14-27)22-50-35-29(40)19-24(20-30(35)41)21-31-36(44)43-34(26-15-17-28(47-3)18-16-26)32(38(46)49-5-2)33(42-39(43)51-31)25-9-7-6-8-10-25/h6-21,34H,4-5,22H2,1-3H3/b31-21-/t34-/m1/s1. The molecule has 0 bridgehead atoms. The lowest BCUT2D eigenvalue weighted by Crippen LogP contribution is -2.40. The summed E-state index contributed by atoms with van der Waals surface area (Å²) in [6.07, 6.45) is 1.84. The number of aromatic nitrogens is 1. The molecule has 0 spiro atoms. The first-order valence-electron chi connectivity index (χ1n) is 16.0. The number of esters is 2. The number of nitrogens with zero attached hydrogens (tertiary/aromatic N) is 2. The van der Waals surface area contributed by atoms with E-state index in [9.17, 15) is 14.4 Å². The van der Waals surface area contributed by atoms with Gasteiger partial charge in [0.2, 0.25) is 0 Å². The van der Waals surface area contributed by atoms with Crippen molar-refractivity contribution in [2.45, 2.75) is 26.5 Å². The number of hydrogen-bond donors (Lipinski definition) is 0. The van der Waals surface area contributed by atoms with E-state index in [1.807, 2.05) is 84.9 Å². The maximum Gasteiger partial charge on any atom is 0.338 e. The minimum Gasteiger partial charge on any atom is -0.497 e. The zero-order valence-electron chi connectivity index (χ0n) is 27.9. The number of carbonyl (C=O) groups excluding carboxylic acids is 2. The molecule has 0 radical (unpaired) electrons. The molecular formula is C39H32I2N2O7S. The smallest absolute Gasteiger partial charge is 0.338 e. The highest BCUT2D eigenvalue weighted by Crippen LogP contribution is 2.36. The fraction of sp³-hybridized carbons (Fsp3) is 0.179. The zero-order chi connectivity index (χ0) is 36.1. The van der Waals surface area contributed by atoms with Gasteiger partial charge in [-0.15, -0.1) is 0 Å². The van der Waals surface area contributed by atoms with Crippen LogP contribution in [-0.4, -0.2) is 36.8 Å². The van der Waals surface area contributed by atoms with Crippen molar-refractivity contribution in [2.75, 3.05) is 20.3 Å². The lowest BCUT2D eigenvalue weighted by atomic mass is 9.93. The van der Waals surface area contributed by atoms with Crippen LogP contribution in [0.3, 0.4) is 0 Å². The lowest BCUT2D eigenvalue weighted by molar-refractivity contribution is -0.138. The first kappa shape index (κ1) is 36.5. The number of benzene rings is 4. The van der Waals surface area contributed by atoms with E-state index in [-0.39, 0.29) is 23.7 Å². The Kier molecular flexibility index (Phi) is 11.7. The number of hydrogen-bond acceptors (Lipinski definition) is 9. The highest BCUT2D eigenvalue weighted by Gasteiger charge is 2.35. The summed E-state index contributed by atoms with van der Waals surface area (Å²) in [5, 5.41) is 0. The molecule has 0 fully saturated rings. The Hall–Kier alpha value is -4.28. The van der Waals surface area contributed by atoms with Crippen molar-refractivity contribution in [3.05, 3.63) is 151 Å². The maximum atomic E-state index is 14.3. The van der Waals surface area contributed by atoms with E-state index in [4.69, 9.17) is 23.9 Å². The SMILES string of the molecule is CCOC(=O)C1=C(c2ccccc2)N=c2s/c(=C\c3cc(I)c(OCc4ccc(C(=O)OCC)cc4)c(I)c3)c(=O)n2[C@@H]1c1ccc(OC)cc1. The number of rotatable bonds is 11. The summed E-state index contributed by atoms with van der Waals surface area (Å²) >= 11 is 5.73. The molecule has 51 heavy (non-hydrogen) atoms. The maximum absolute atomic E-state index is 14.3. The first-order chi connectivity index (χ1) is 24.7. The van der Waals surface area contributed by atoms with Crippen LogP contribution in [0.5, 0.6) is 11.5 Å². The quantitative estimate of drug-likeness (QED) is 0.105. The molecule has 1 aliphatic heterocycles. The topological polar surface area (TPSA) is 105 Å². The largest absolute Gasteiger partial charge is 0.497 e. The van der Waals surface area contributed by atoms with E-state index in [0.717, 1.165) is 35.1 Å². The summed E-state index contributed by atoms with van der Waals surface area (Å²) in [7, 11) is 1.59. The van der Waals surface area contributed by atoms with Crippen molar-refractivity contribution in [1.82, 2.24) is 4.57 Å². The van der Waals surface area contributed by atoms with Crippen LogP contribution < -0.4 is 24.4 Å². The highest BCUT2D eigenvalue weighted by atomic mass is 127. The predicted octanol–water partition coefficient (Wildman–Crippen LogP) is 6.91. The van der Waals surface area contributed by atoms with E-state index in [2.05, 4.69) is 45.2 Å². The third kappa shape index (κ3) is 7.97. The van der Waals surface area contributed by atoms with Crippen LogP contribution in [0.15, 0.2) is 106 Å². The van der Waals surface area contributed by atoms with Crippen molar-refractivity contribution >= 4 is 80.2 Å². The van der Waals surface area contributed by atoms with Crippen molar-refractivity contribution < 1.29 is 28.5 Å². The van der Waals surface area contributed by atoms with Gasteiger partial charge in [-0.1, -0.05) is 65.9 Å². The molecule has 260 valence electrons. The molecule has 12 heteroatoms. The van der Waals surface area contributed by atoms with Gasteiger partial charge in [0, 0.05) is 5.56 Å². The number of thiazole rings is 1. The Morgan fingerprint density at radius 3 is 2.16 bits per heavy atom. The van der Waals surface area contributed by atoms with Crippen LogP contribution in [-0.2, 0) is 20.9 Å². The molecule has 0 saturated heterocycles. The highest BCUT2D eigenvalue weighted by molar-refractivity contribution is 14.1. The van der Waals surface area contributed by atoms with Crippen LogP contribution in [0.2, 0.25) is 0 Å². The summed E-state index contributed by atoms with van der Waals surface area (Å²) in [5.41, 5.74) is 4.14. The third-order valence-corrected chi connectivity index (χ3v) is 10.6. The van der Waals surface area contributed by atoms with Gasteiger partial charge in [-0.25, -0.2) is 14.6 Å². The minimum absolute atomic E-state index is 0.170. The normalized spacial score (nSPS) is 14.1. The van der Waals surface area contributed by atoms with Crippen molar-refractivity contribution in [3.8, 4) is 11.5 Å². The summed E-state index contributed by atoms with van der Waals surface area (Å²) < 4.78 is 26.0. The zero-order valence-corrected chi connectivity index (χ0v) is 33.0. The van der Waals surface area contributed by atoms with Crippen LogP contribution in [0, 0.1) is 7.14 Å². The summed E-state index contributed by atoms with van der Waals surface area (Å²) in [5.74, 6) is 0.476. The summed E-state index contributed by atoms with van der Waals surface area (Å²) in [6.45, 7) is 4.33. The van der Waals surface area contributed by atoms with Gasteiger partial charge in [0.15, 0.2) is 4.80 Å². The van der Waals surface area contributed by atoms with E-state index in [1.165, 1.54) is 11.3 Å². The predicted molar refractivity (Wildman–Crippen MR) is 213 cm³/mol. The van der Waals surface area contributed by atoms with Gasteiger partial charge < -0.3 is 18.9 Å². The minimum atomic E-state index is -0.786. The molecule has 1 atom stereocenters. The van der Waals surface area contributed by atoms with Gasteiger partial charge in [0.05, 0.1) is 54.9 Å². The second kappa shape index (κ2) is 16.4. The molecule has 1 aliphatic rings.